The van der Waals surface area contributed by atoms with Gasteiger partial charge >= 0.3 is 0 Å². The number of hydrogen-bond acceptors (Lipinski definition) is 4. The fraction of sp³-hybridized carbons (Fsp3) is 0.409. The second-order valence-corrected chi connectivity index (χ2v) is 9.50. The van der Waals surface area contributed by atoms with Gasteiger partial charge in [0.25, 0.3) is 0 Å². The molecule has 2 atom stereocenters. The van der Waals surface area contributed by atoms with E-state index in [1.165, 1.54) is 16.4 Å². The molecular formula is C22H28FN3O3S. The third kappa shape index (κ3) is 5.24. The molecule has 0 radical (unpaired) electrons. The topological polar surface area (TPSA) is 69.7 Å². The van der Waals surface area contributed by atoms with Gasteiger partial charge in [-0.3, -0.25) is 9.69 Å². The quantitative estimate of drug-likeness (QED) is 0.761. The van der Waals surface area contributed by atoms with Gasteiger partial charge in [-0.15, -0.1) is 0 Å². The maximum absolute atomic E-state index is 13.1. The highest BCUT2D eigenvalue weighted by atomic mass is 32.2. The molecule has 0 saturated carbocycles. The molecule has 0 unspecified atom stereocenters. The number of halogens is 1. The molecule has 1 amide bonds. The van der Waals surface area contributed by atoms with Gasteiger partial charge in [0, 0.05) is 26.2 Å². The molecule has 30 heavy (non-hydrogen) atoms. The van der Waals surface area contributed by atoms with Crippen molar-refractivity contribution in [3.05, 3.63) is 66.0 Å². The monoisotopic (exact) mass is 433 g/mol. The van der Waals surface area contributed by atoms with E-state index in [-0.39, 0.29) is 29.4 Å². The summed E-state index contributed by atoms with van der Waals surface area (Å²) < 4.78 is 40.3. The smallest absolute Gasteiger partial charge is 0.243 e. The van der Waals surface area contributed by atoms with Crippen LogP contribution in [0.3, 0.4) is 0 Å². The fourth-order valence-corrected chi connectivity index (χ4v) is 5.09. The van der Waals surface area contributed by atoms with E-state index in [0.29, 0.717) is 26.1 Å². The summed E-state index contributed by atoms with van der Waals surface area (Å²) in [6.07, 6.45) is 0.617. The van der Waals surface area contributed by atoms with E-state index < -0.39 is 15.8 Å². The first kappa shape index (κ1) is 22.4. The molecule has 0 bridgehead atoms. The molecule has 6 nitrogen and oxygen atoms in total. The molecule has 162 valence electrons. The molecular weight excluding hydrogens is 405 g/mol. The lowest BCUT2D eigenvalue weighted by molar-refractivity contribution is -0.126. The third-order valence-corrected chi connectivity index (χ3v) is 7.44. The number of carbonyl (C=O) groups excluding carboxylic acids is 1. The van der Waals surface area contributed by atoms with E-state index in [4.69, 9.17) is 0 Å². The van der Waals surface area contributed by atoms with Crippen LogP contribution in [-0.4, -0.2) is 55.8 Å². The summed E-state index contributed by atoms with van der Waals surface area (Å²) in [4.78, 5) is 14.8. The molecule has 0 aromatic heterocycles. The van der Waals surface area contributed by atoms with Crippen LogP contribution in [0.2, 0.25) is 0 Å². The summed E-state index contributed by atoms with van der Waals surface area (Å²) in [6.45, 7) is 5.52. The lowest BCUT2D eigenvalue weighted by atomic mass is 10.1. The lowest BCUT2D eigenvalue weighted by Gasteiger charge is -2.28. The van der Waals surface area contributed by atoms with Crippen LogP contribution < -0.4 is 5.32 Å². The molecule has 1 saturated heterocycles. The zero-order valence-corrected chi connectivity index (χ0v) is 18.1. The van der Waals surface area contributed by atoms with Crippen LogP contribution in [-0.2, 0) is 14.8 Å². The Kier molecular flexibility index (Phi) is 7.23. The minimum atomic E-state index is -3.69. The van der Waals surface area contributed by atoms with Crippen LogP contribution in [0, 0.1) is 5.82 Å². The first-order valence-corrected chi connectivity index (χ1v) is 11.6. The first-order valence-electron chi connectivity index (χ1n) is 10.1. The summed E-state index contributed by atoms with van der Waals surface area (Å²) in [5, 5.41) is 3.04. The van der Waals surface area contributed by atoms with Gasteiger partial charge in [0.2, 0.25) is 15.9 Å². The zero-order chi connectivity index (χ0) is 21.7. The van der Waals surface area contributed by atoms with Crippen molar-refractivity contribution in [1.29, 1.82) is 0 Å². The summed E-state index contributed by atoms with van der Waals surface area (Å²) in [7, 11) is -3.69. The van der Waals surface area contributed by atoms with Crippen molar-refractivity contribution in [2.45, 2.75) is 37.2 Å². The molecule has 8 heteroatoms. The Morgan fingerprint density at radius 2 is 1.63 bits per heavy atom. The van der Waals surface area contributed by atoms with Crippen LogP contribution in [0.5, 0.6) is 0 Å². The Labute approximate surface area is 177 Å². The standard InChI is InChI=1S/C22H28FN3O3S/c1-17(19-7-4-3-5-8-19)24-22(27)18(2)25-13-6-14-26(16-15-25)30(28,29)21-11-9-20(23)10-12-21/h3-5,7-12,17-18H,6,13-16H2,1-2H3,(H,24,27)/t17-,18-/m0/s1. The Morgan fingerprint density at radius 1 is 0.967 bits per heavy atom. The van der Waals surface area contributed by atoms with Gasteiger partial charge in [-0.25, -0.2) is 12.8 Å². The molecule has 3 rings (SSSR count). The first-order chi connectivity index (χ1) is 14.3. The molecule has 1 heterocycles. The third-order valence-electron chi connectivity index (χ3n) is 5.53. The second kappa shape index (κ2) is 9.68. The molecule has 2 aromatic rings. The normalized spacial score (nSPS) is 18.4. The van der Waals surface area contributed by atoms with E-state index in [1.54, 1.807) is 0 Å². The van der Waals surface area contributed by atoms with Crippen molar-refractivity contribution in [3.8, 4) is 0 Å². The Hall–Kier alpha value is -2.29. The van der Waals surface area contributed by atoms with Crippen LogP contribution in [0.25, 0.3) is 0 Å². The van der Waals surface area contributed by atoms with Gasteiger partial charge < -0.3 is 5.32 Å². The van der Waals surface area contributed by atoms with E-state index in [2.05, 4.69) is 5.32 Å². The minimum absolute atomic E-state index is 0.0822. The van der Waals surface area contributed by atoms with Gasteiger partial charge in [0.15, 0.2) is 0 Å². The summed E-state index contributed by atoms with van der Waals surface area (Å²) in [6, 6.07) is 14.1. The summed E-state index contributed by atoms with van der Waals surface area (Å²) in [5.74, 6) is -0.554. The van der Waals surface area contributed by atoms with Gasteiger partial charge in [-0.05, 0) is 50.1 Å². The van der Waals surface area contributed by atoms with Crippen LogP contribution in [0.1, 0.15) is 31.9 Å². The maximum Gasteiger partial charge on any atom is 0.243 e. The highest BCUT2D eigenvalue weighted by Gasteiger charge is 2.30. The van der Waals surface area contributed by atoms with Gasteiger partial charge in [0.05, 0.1) is 17.0 Å². The maximum atomic E-state index is 13.1. The number of benzene rings is 2. The zero-order valence-electron chi connectivity index (χ0n) is 17.3. The van der Waals surface area contributed by atoms with E-state index in [0.717, 1.165) is 17.7 Å². The summed E-state index contributed by atoms with van der Waals surface area (Å²) >= 11 is 0. The molecule has 1 N–H and O–H groups in total. The van der Waals surface area contributed by atoms with Crippen molar-refractivity contribution in [2.75, 3.05) is 26.2 Å². The number of hydrogen-bond donors (Lipinski definition) is 1. The average Bonchev–Trinajstić information content (AvgIpc) is 3.01. The number of rotatable bonds is 6. The molecule has 1 fully saturated rings. The van der Waals surface area contributed by atoms with Crippen molar-refractivity contribution in [2.24, 2.45) is 0 Å². The van der Waals surface area contributed by atoms with Gasteiger partial charge in [0.1, 0.15) is 5.82 Å². The largest absolute Gasteiger partial charge is 0.348 e. The number of nitrogens with one attached hydrogen (secondary N) is 1. The summed E-state index contributed by atoms with van der Waals surface area (Å²) in [5.41, 5.74) is 1.03. The van der Waals surface area contributed by atoms with Crippen molar-refractivity contribution in [1.82, 2.24) is 14.5 Å². The number of amides is 1. The van der Waals surface area contributed by atoms with Gasteiger partial charge in [-0.2, -0.15) is 4.31 Å². The highest BCUT2D eigenvalue weighted by Crippen LogP contribution is 2.19. The lowest BCUT2D eigenvalue weighted by Crippen LogP contribution is -2.47. The van der Waals surface area contributed by atoms with E-state index in [9.17, 15) is 17.6 Å². The van der Waals surface area contributed by atoms with E-state index >= 15 is 0 Å². The van der Waals surface area contributed by atoms with E-state index in [1.807, 2.05) is 49.1 Å². The SMILES string of the molecule is C[C@H](NC(=O)[C@H](C)N1CCCN(S(=O)(=O)c2ccc(F)cc2)CC1)c1ccccc1. The Balaban J connectivity index is 1.61. The van der Waals surface area contributed by atoms with Crippen LogP contribution in [0.15, 0.2) is 59.5 Å². The molecule has 1 aliphatic heterocycles. The molecule has 1 aliphatic rings. The molecule has 0 spiro atoms. The van der Waals surface area contributed by atoms with Gasteiger partial charge in [-0.1, -0.05) is 30.3 Å². The number of sulfonamides is 1. The van der Waals surface area contributed by atoms with Crippen LogP contribution >= 0.6 is 0 Å². The molecule has 2 aromatic carbocycles. The predicted octanol–water partition coefficient (Wildman–Crippen LogP) is 2.79. The van der Waals surface area contributed by atoms with Crippen molar-refractivity contribution < 1.29 is 17.6 Å². The average molecular weight is 434 g/mol. The van der Waals surface area contributed by atoms with Crippen molar-refractivity contribution >= 4 is 15.9 Å². The fourth-order valence-electron chi connectivity index (χ4n) is 3.62. The second-order valence-electron chi connectivity index (χ2n) is 7.56. The van der Waals surface area contributed by atoms with Crippen LogP contribution in [0.4, 0.5) is 4.39 Å². The Morgan fingerprint density at radius 3 is 2.30 bits per heavy atom. The molecule has 0 aliphatic carbocycles. The minimum Gasteiger partial charge on any atom is -0.348 e. The predicted molar refractivity (Wildman–Crippen MR) is 114 cm³/mol. The van der Waals surface area contributed by atoms with Crippen molar-refractivity contribution in [3.63, 3.8) is 0 Å². The number of carbonyl (C=O) groups is 1. The Bertz CT molecular complexity index is 951. The highest BCUT2D eigenvalue weighted by molar-refractivity contribution is 7.89. The number of nitrogens with zero attached hydrogens (tertiary/aromatic N) is 2.